The van der Waals surface area contributed by atoms with Crippen molar-refractivity contribution in [3.8, 4) is 5.75 Å². The molecule has 2 N–H and O–H groups in total. The van der Waals surface area contributed by atoms with Crippen LogP contribution in [0.2, 0.25) is 0 Å². The number of likely N-dealkylation sites (N-methyl/N-ethyl adjacent to an activating group) is 1. The average molecular weight is 347 g/mol. The monoisotopic (exact) mass is 347 g/mol. The summed E-state index contributed by atoms with van der Waals surface area (Å²) in [5, 5.41) is 12.9. The van der Waals surface area contributed by atoms with Crippen molar-refractivity contribution < 1.29 is 23.9 Å². The molecular formula is C18H26BNO5. The van der Waals surface area contributed by atoms with E-state index in [4.69, 9.17) is 14.0 Å². The summed E-state index contributed by atoms with van der Waals surface area (Å²) >= 11 is 0. The van der Waals surface area contributed by atoms with Gasteiger partial charge < -0.3 is 24.5 Å². The Labute approximate surface area is 149 Å². The van der Waals surface area contributed by atoms with Crippen molar-refractivity contribution in [1.29, 1.82) is 0 Å². The first-order valence-corrected chi connectivity index (χ1v) is 8.23. The fourth-order valence-corrected chi connectivity index (χ4v) is 2.53. The first-order chi connectivity index (χ1) is 11.6. The number of rotatable bonds is 5. The molecule has 2 rings (SSSR count). The van der Waals surface area contributed by atoms with Gasteiger partial charge in [-0.3, -0.25) is 0 Å². The molecule has 1 aliphatic rings. The number of hydrogen-bond acceptors (Lipinski definition) is 6. The second kappa shape index (κ2) is 7.19. The van der Waals surface area contributed by atoms with Crippen molar-refractivity contribution in [3.05, 3.63) is 34.8 Å². The second-order valence-electron chi connectivity index (χ2n) is 7.11. The molecule has 0 spiro atoms. The van der Waals surface area contributed by atoms with Gasteiger partial charge in [0.1, 0.15) is 11.3 Å². The maximum Gasteiger partial charge on any atom is 0.491 e. The number of benzene rings is 1. The Morgan fingerprint density at radius 2 is 1.88 bits per heavy atom. The van der Waals surface area contributed by atoms with Crippen molar-refractivity contribution in [2.45, 2.75) is 38.9 Å². The molecule has 6 nitrogen and oxygen atoms in total. The third kappa shape index (κ3) is 4.06. The van der Waals surface area contributed by atoms with Crippen LogP contribution in [0.25, 0.3) is 6.08 Å². The van der Waals surface area contributed by atoms with Crippen LogP contribution in [-0.4, -0.2) is 50.1 Å². The Balaban J connectivity index is 2.37. The quantitative estimate of drug-likeness (QED) is 0.629. The van der Waals surface area contributed by atoms with Gasteiger partial charge in [-0.25, -0.2) is 4.79 Å². The first kappa shape index (κ1) is 19.5. The van der Waals surface area contributed by atoms with Gasteiger partial charge in [-0.1, -0.05) is 12.1 Å². The molecular weight excluding hydrogens is 321 g/mol. The minimum absolute atomic E-state index is 0.116. The number of phenolic OH excluding ortho intramolecular Hbond substituents is 1. The standard InChI is InChI=1S/C18H26BNO5/c1-17(2)18(3,4)25-19(24-17)13(11-20-5)9-12-7-8-15(21)14(10-12)16(22)23-6/h7-10,20-21H,11H2,1-6H3. The minimum atomic E-state index is -0.585. The molecule has 1 heterocycles. The molecule has 1 aromatic carbocycles. The van der Waals surface area contributed by atoms with E-state index in [9.17, 15) is 9.90 Å². The third-order valence-corrected chi connectivity index (χ3v) is 4.71. The SMILES string of the molecule is CNCC(=Cc1ccc(O)c(C(=O)OC)c1)B1OC(C)(C)C(C)(C)O1. The molecule has 0 aromatic heterocycles. The summed E-state index contributed by atoms with van der Waals surface area (Å²) in [5.74, 6) is -0.701. The fraction of sp³-hybridized carbons (Fsp3) is 0.500. The summed E-state index contributed by atoms with van der Waals surface area (Å²) in [6.07, 6.45) is 1.89. The van der Waals surface area contributed by atoms with E-state index in [1.807, 2.05) is 40.8 Å². The normalized spacial score (nSPS) is 19.1. The smallest absolute Gasteiger partial charge is 0.491 e. The van der Waals surface area contributed by atoms with Crippen LogP contribution < -0.4 is 5.32 Å². The lowest BCUT2D eigenvalue weighted by molar-refractivity contribution is 0.00578. The van der Waals surface area contributed by atoms with Crippen molar-refractivity contribution in [2.24, 2.45) is 0 Å². The lowest BCUT2D eigenvalue weighted by atomic mass is 9.77. The lowest BCUT2D eigenvalue weighted by Crippen LogP contribution is -2.41. The number of nitrogens with one attached hydrogen (secondary N) is 1. The highest BCUT2D eigenvalue weighted by Crippen LogP contribution is 2.38. The topological polar surface area (TPSA) is 77.0 Å². The Morgan fingerprint density at radius 1 is 1.28 bits per heavy atom. The summed E-state index contributed by atoms with van der Waals surface area (Å²) in [7, 11) is 2.63. The van der Waals surface area contributed by atoms with Crippen molar-refractivity contribution in [3.63, 3.8) is 0 Å². The molecule has 0 radical (unpaired) electrons. The Kier molecular flexibility index (Phi) is 5.61. The number of hydrogen-bond donors (Lipinski definition) is 2. The van der Waals surface area contributed by atoms with Gasteiger partial charge in [0, 0.05) is 6.54 Å². The van der Waals surface area contributed by atoms with Gasteiger partial charge in [-0.05, 0) is 57.9 Å². The van der Waals surface area contributed by atoms with E-state index in [0.29, 0.717) is 6.54 Å². The molecule has 25 heavy (non-hydrogen) atoms. The van der Waals surface area contributed by atoms with Crippen LogP contribution in [0, 0.1) is 0 Å². The minimum Gasteiger partial charge on any atom is -0.507 e. The molecule has 0 aliphatic carbocycles. The average Bonchev–Trinajstić information content (AvgIpc) is 2.76. The fourth-order valence-electron chi connectivity index (χ4n) is 2.53. The van der Waals surface area contributed by atoms with E-state index in [1.54, 1.807) is 12.1 Å². The molecule has 0 amide bonds. The van der Waals surface area contributed by atoms with Crippen molar-refractivity contribution in [2.75, 3.05) is 20.7 Å². The number of aromatic hydroxyl groups is 1. The van der Waals surface area contributed by atoms with Gasteiger partial charge in [0.15, 0.2) is 0 Å². The molecule has 1 saturated heterocycles. The molecule has 1 aromatic rings. The van der Waals surface area contributed by atoms with Gasteiger partial charge in [-0.2, -0.15) is 0 Å². The number of esters is 1. The number of phenols is 1. The van der Waals surface area contributed by atoms with Crippen LogP contribution in [0.4, 0.5) is 0 Å². The molecule has 0 saturated carbocycles. The third-order valence-electron chi connectivity index (χ3n) is 4.71. The first-order valence-electron chi connectivity index (χ1n) is 8.23. The summed E-state index contributed by atoms with van der Waals surface area (Å²) in [4.78, 5) is 11.8. The van der Waals surface area contributed by atoms with Crippen molar-refractivity contribution >= 4 is 19.2 Å². The van der Waals surface area contributed by atoms with E-state index in [-0.39, 0.29) is 11.3 Å². The van der Waals surface area contributed by atoms with Gasteiger partial charge in [0.2, 0.25) is 0 Å². The highest BCUT2D eigenvalue weighted by atomic mass is 16.7. The maximum absolute atomic E-state index is 11.8. The number of carbonyl (C=O) groups excluding carboxylic acids is 1. The van der Waals surface area contributed by atoms with E-state index < -0.39 is 24.3 Å². The van der Waals surface area contributed by atoms with Gasteiger partial charge in [-0.15, -0.1) is 0 Å². The zero-order valence-electron chi connectivity index (χ0n) is 15.7. The Hall–Kier alpha value is -1.83. The van der Waals surface area contributed by atoms with E-state index in [0.717, 1.165) is 11.0 Å². The number of methoxy groups -OCH3 is 1. The Bertz CT molecular complexity index is 668. The molecule has 7 heteroatoms. The van der Waals surface area contributed by atoms with E-state index >= 15 is 0 Å². The molecule has 136 valence electrons. The van der Waals surface area contributed by atoms with E-state index in [1.165, 1.54) is 13.2 Å². The molecule has 0 unspecified atom stereocenters. The highest BCUT2D eigenvalue weighted by Gasteiger charge is 2.52. The lowest BCUT2D eigenvalue weighted by Gasteiger charge is -2.32. The van der Waals surface area contributed by atoms with Crippen LogP contribution in [0.5, 0.6) is 5.75 Å². The summed E-state index contributed by atoms with van der Waals surface area (Å²) in [6.45, 7) is 8.56. The van der Waals surface area contributed by atoms with Gasteiger partial charge >= 0.3 is 13.1 Å². The molecule has 0 bridgehead atoms. The van der Waals surface area contributed by atoms with Gasteiger partial charge in [0.25, 0.3) is 0 Å². The highest BCUT2D eigenvalue weighted by molar-refractivity contribution is 6.55. The predicted molar refractivity (Wildman–Crippen MR) is 97.4 cm³/mol. The van der Waals surface area contributed by atoms with E-state index in [2.05, 4.69) is 5.32 Å². The van der Waals surface area contributed by atoms with Crippen LogP contribution in [0.15, 0.2) is 23.7 Å². The Morgan fingerprint density at radius 3 is 2.40 bits per heavy atom. The zero-order valence-corrected chi connectivity index (χ0v) is 15.7. The second-order valence-corrected chi connectivity index (χ2v) is 7.11. The maximum atomic E-state index is 11.8. The summed E-state index contributed by atoms with van der Waals surface area (Å²) in [6, 6.07) is 4.78. The molecule has 0 atom stereocenters. The number of ether oxygens (including phenoxy) is 1. The predicted octanol–water partition coefficient (Wildman–Crippen LogP) is 2.41. The van der Waals surface area contributed by atoms with Crippen molar-refractivity contribution in [1.82, 2.24) is 5.32 Å². The van der Waals surface area contributed by atoms with Crippen LogP contribution in [0.1, 0.15) is 43.6 Å². The molecule has 1 aliphatic heterocycles. The number of carbonyl (C=O) groups is 1. The van der Waals surface area contributed by atoms with Crippen LogP contribution in [0.3, 0.4) is 0 Å². The summed E-state index contributed by atoms with van der Waals surface area (Å²) in [5.41, 5.74) is 0.891. The summed E-state index contributed by atoms with van der Waals surface area (Å²) < 4.78 is 16.9. The van der Waals surface area contributed by atoms with Gasteiger partial charge in [0.05, 0.1) is 18.3 Å². The molecule has 1 fully saturated rings. The largest absolute Gasteiger partial charge is 0.507 e. The zero-order chi connectivity index (χ0) is 18.8. The van der Waals surface area contributed by atoms with Crippen LogP contribution >= 0.6 is 0 Å². The van der Waals surface area contributed by atoms with Crippen LogP contribution in [-0.2, 0) is 14.0 Å².